The summed E-state index contributed by atoms with van der Waals surface area (Å²) in [5, 5.41) is 2.30. The standard InChI is InChI=1S/C25H13NO2S2/c29-22-18-10-15-8-4-5-9-16(15)11-19(18)23(30)20(22)12-17-13-21-25(27-17)26-24(28-21)14-6-2-1-3-7-14/h1-13H. The van der Waals surface area contributed by atoms with Crippen LogP contribution in [0.1, 0.15) is 16.9 Å². The summed E-state index contributed by atoms with van der Waals surface area (Å²) in [5.74, 6) is 1.16. The van der Waals surface area contributed by atoms with Gasteiger partial charge in [-0.2, -0.15) is 4.98 Å². The fourth-order valence-electron chi connectivity index (χ4n) is 3.81. The smallest absolute Gasteiger partial charge is 0.266 e. The lowest BCUT2D eigenvalue weighted by Crippen LogP contribution is -1.97. The number of fused-ring (bicyclic) bond motifs is 3. The summed E-state index contributed by atoms with van der Waals surface area (Å²) in [6, 6.07) is 24.0. The predicted octanol–water partition coefficient (Wildman–Crippen LogP) is 6.77. The Kier molecular flexibility index (Phi) is 3.81. The Balaban J connectivity index is 1.39. The van der Waals surface area contributed by atoms with E-state index in [0.29, 0.717) is 22.9 Å². The Morgan fingerprint density at radius 2 is 1.37 bits per heavy atom. The summed E-state index contributed by atoms with van der Waals surface area (Å²) < 4.78 is 11.8. The third-order valence-electron chi connectivity index (χ3n) is 5.28. The highest BCUT2D eigenvalue weighted by atomic mass is 32.1. The highest BCUT2D eigenvalue weighted by Crippen LogP contribution is 2.34. The average Bonchev–Trinajstić information content (AvgIpc) is 3.41. The second-order valence-electron chi connectivity index (χ2n) is 7.16. The Labute approximate surface area is 182 Å². The molecular formula is C25H13NO2S2. The largest absolute Gasteiger partial charge is 0.436 e. The van der Waals surface area contributed by atoms with Gasteiger partial charge in [0.15, 0.2) is 5.58 Å². The van der Waals surface area contributed by atoms with E-state index in [9.17, 15) is 0 Å². The summed E-state index contributed by atoms with van der Waals surface area (Å²) in [4.78, 5) is 5.95. The molecule has 0 aliphatic heterocycles. The maximum absolute atomic E-state index is 5.90. The second-order valence-corrected chi connectivity index (χ2v) is 7.98. The molecule has 0 saturated heterocycles. The summed E-state index contributed by atoms with van der Waals surface area (Å²) in [5.41, 5.74) is 4.78. The molecule has 30 heavy (non-hydrogen) atoms. The number of hydrogen-bond donors (Lipinski definition) is 0. The van der Waals surface area contributed by atoms with E-state index in [4.69, 9.17) is 33.3 Å². The quantitative estimate of drug-likeness (QED) is 0.231. The SMILES string of the molecule is S=C1C(=Cc2cc3oc(-c4ccccc4)nc3o2)C(=S)c2cc3ccccc3cc21. The van der Waals surface area contributed by atoms with Gasteiger partial charge in [0.1, 0.15) is 5.76 Å². The van der Waals surface area contributed by atoms with Gasteiger partial charge in [-0.15, -0.1) is 0 Å². The number of thiocarbonyl (C=S) groups is 2. The van der Waals surface area contributed by atoms with Crippen LogP contribution in [-0.4, -0.2) is 14.7 Å². The molecule has 5 aromatic rings. The van der Waals surface area contributed by atoms with E-state index in [1.807, 2.05) is 54.6 Å². The van der Waals surface area contributed by atoms with Gasteiger partial charge in [0.25, 0.3) is 5.71 Å². The number of allylic oxidation sites excluding steroid dienone is 1. The van der Waals surface area contributed by atoms with Crippen molar-refractivity contribution in [1.29, 1.82) is 0 Å². The minimum atomic E-state index is 0.457. The molecule has 0 saturated carbocycles. The molecule has 6 rings (SSSR count). The van der Waals surface area contributed by atoms with Gasteiger partial charge >= 0.3 is 0 Å². The first-order chi connectivity index (χ1) is 14.7. The van der Waals surface area contributed by atoms with Crippen LogP contribution in [0.5, 0.6) is 0 Å². The number of rotatable bonds is 2. The van der Waals surface area contributed by atoms with Gasteiger partial charge in [0.2, 0.25) is 5.89 Å². The summed E-state index contributed by atoms with van der Waals surface area (Å²) in [6.07, 6.45) is 1.88. The monoisotopic (exact) mass is 423 g/mol. The van der Waals surface area contributed by atoms with Crippen LogP contribution in [0, 0.1) is 0 Å². The van der Waals surface area contributed by atoms with E-state index >= 15 is 0 Å². The highest BCUT2D eigenvalue weighted by molar-refractivity contribution is 7.84. The molecular weight excluding hydrogens is 410 g/mol. The van der Waals surface area contributed by atoms with Crippen molar-refractivity contribution in [3.05, 3.63) is 95.3 Å². The highest BCUT2D eigenvalue weighted by Gasteiger charge is 2.27. The zero-order chi connectivity index (χ0) is 20.2. The lowest BCUT2D eigenvalue weighted by atomic mass is 10.0. The topological polar surface area (TPSA) is 39.2 Å². The maximum Gasteiger partial charge on any atom is 0.266 e. The molecule has 0 atom stereocenters. The lowest BCUT2D eigenvalue weighted by molar-refractivity contribution is 0.593. The third-order valence-corrected chi connectivity index (χ3v) is 6.16. The van der Waals surface area contributed by atoms with E-state index in [2.05, 4.69) is 29.2 Å². The predicted molar refractivity (Wildman–Crippen MR) is 127 cm³/mol. The Hall–Kier alpha value is -3.41. The van der Waals surface area contributed by atoms with Crippen molar-refractivity contribution >= 4 is 62.3 Å². The van der Waals surface area contributed by atoms with Gasteiger partial charge in [-0.1, -0.05) is 66.9 Å². The molecule has 0 radical (unpaired) electrons. The Morgan fingerprint density at radius 3 is 2.00 bits per heavy atom. The number of benzene rings is 3. The van der Waals surface area contributed by atoms with Gasteiger partial charge in [-0.05, 0) is 41.1 Å². The van der Waals surface area contributed by atoms with Gasteiger partial charge in [0.05, 0.1) is 9.73 Å². The first-order valence-electron chi connectivity index (χ1n) is 9.47. The Bertz CT molecular complexity index is 1440. The summed E-state index contributed by atoms with van der Waals surface area (Å²) in [7, 11) is 0. The summed E-state index contributed by atoms with van der Waals surface area (Å²) in [6.45, 7) is 0. The molecule has 0 spiro atoms. The molecule has 0 bridgehead atoms. The second kappa shape index (κ2) is 6.55. The van der Waals surface area contributed by atoms with Crippen molar-refractivity contribution in [3.63, 3.8) is 0 Å². The van der Waals surface area contributed by atoms with E-state index in [1.165, 1.54) is 0 Å². The maximum atomic E-state index is 5.90. The van der Waals surface area contributed by atoms with Crippen LogP contribution in [0.25, 0.3) is 39.6 Å². The first-order valence-corrected chi connectivity index (χ1v) is 10.3. The van der Waals surface area contributed by atoms with E-state index < -0.39 is 0 Å². The molecule has 0 unspecified atom stereocenters. The molecule has 2 heterocycles. The van der Waals surface area contributed by atoms with E-state index in [0.717, 1.165) is 42.8 Å². The van der Waals surface area contributed by atoms with Crippen LogP contribution in [-0.2, 0) is 0 Å². The number of aromatic nitrogens is 1. The van der Waals surface area contributed by atoms with Crippen LogP contribution >= 0.6 is 24.4 Å². The number of oxazole rings is 1. The molecule has 0 N–H and O–H groups in total. The minimum Gasteiger partial charge on any atom is -0.436 e. The number of hydrogen-bond acceptors (Lipinski definition) is 5. The van der Waals surface area contributed by atoms with Crippen LogP contribution < -0.4 is 0 Å². The van der Waals surface area contributed by atoms with E-state index in [-0.39, 0.29) is 0 Å². The molecule has 3 aromatic carbocycles. The summed E-state index contributed by atoms with van der Waals surface area (Å²) >= 11 is 11.5. The van der Waals surface area contributed by atoms with Crippen molar-refractivity contribution in [2.45, 2.75) is 0 Å². The molecule has 142 valence electrons. The third kappa shape index (κ3) is 2.67. The molecule has 5 heteroatoms. The van der Waals surface area contributed by atoms with Crippen molar-refractivity contribution in [1.82, 2.24) is 4.98 Å². The van der Waals surface area contributed by atoms with Gasteiger partial charge in [-0.3, -0.25) is 0 Å². The van der Waals surface area contributed by atoms with Gasteiger partial charge < -0.3 is 8.83 Å². The fourth-order valence-corrected chi connectivity index (χ4v) is 4.53. The molecule has 2 aromatic heterocycles. The van der Waals surface area contributed by atoms with Crippen molar-refractivity contribution in [3.8, 4) is 11.5 Å². The zero-order valence-corrected chi connectivity index (χ0v) is 17.2. The van der Waals surface area contributed by atoms with Crippen LogP contribution in [0.2, 0.25) is 0 Å². The van der Waals surface area contributed by atoms with Crippen LogP contribution in [0.3, 0.4) is 0 Å². The van der Waals surface area contributed by atoms with Gasteiger partial charge in [-0.25, -0.2) is 0 Å². The normalized spacial score (nSPS) is 13.4. The lowest BCUT2D eigenvalue weighted by Gasteiger charge is -2.02. The van der Waals surface area contributed by atoms with Crippen LogP contribution in [0.15, 0.2) is 87.2 Å². The van der Waals surface area contributed by atoms with Crippen molar-refractivity contribution in [2.24, 2.45) is 0 Å². The minimum absolute atomic E-state index is 0.457. The number of furan rings is 1. The van der Waals surface area contributed by atoms with Crippen molar-refractivity contribution in [2.75, 3.05) is 0 Å². The fraction of sp³-hybridized carbons (Fsp3) is 0. The molecule has 3 nitrogen and oxygen atoms in total. The average molecular weight is 424 g/mol. The molecule has 0 fully saturated rings. The first kappa shape index (κ1) is 17.4. The van der Waals surface area contributed by atoms with Crippen LogP contribution in [0.4, 0.5) is 0 Å². The zero-order valence-electron chi connectivity index (χ0n) is 15.6. The molecule has 1 aliphatic carbocycles. The molecule has 0 amide bonds. The van der Waals surface area contributed by atoms with Gasteiger partial charge in [0, 0.05) is 28.3 Å². The molecule has 1 aliphatic rings. The van der Waals surface area contributed by atoms with Crippen molar-refractivity contribution < 1.29 is 8.83 Å². The Morgan fingerprint density at radius 1 is 0.733 bits per heavy atom. The van der Waals surface area contributed by atoms with E-state index in [1.54, 1.807) is 0 Å². The number of nitrogens with zero attached hydrogens (tertiary/aromatic N) is 1.